The molecule has 0 atom stereocenters. The van der Waals surface area contributed by atoms with E-state index in [2.05, 4.69) is 5.43 Å². The Hall–Kier alpha value is -2.66. The molecule has 7 rings (SSSR count). The van der Waals surface area contributed by atoms with Crippen LogP contribution in [0.2, 0.25) is 0 Å². The van der Waals surface area contributed by atoms with E-state index in [1.54, 1.807) is 9.91 Å². The lowest BCUT2D eigenvalue weighted by atomic mass is 9.49. The van der Waals surface area contributed by atoms with E-state index in [0.717, 1.165) is 47.8 Å². The number of benzene rings is 2. The third-order valence-corrected chi connectivity index (χ3v) is 8.27. The summed E-state index contributed by atoms with van der Waals surface area (Å²) in [6.45, 7) is 0.770. The highest BCUT2D eigenvalue weighted by Gasteiger charge is 2.50. The van der Waals surface area contributed by atoms with Crippen LogP contribution in [-0.4, -0.2) is 18.4 Å². The largest absolute Gasteiger partial charge is 0.278 e. The lowest BCUT2D eigenvalue weighted by Crippen LogP contribution is -2.49. The van der Waals surface area contributed by atoms with Crippen molar-refractivity contribution in [1.29, 1.82) is 0 Å². The van der Waals surface area contributed by atoms with Crippen molar-refractivity contribution >= 4 is 28.9 Å². The fourth-order valence-corrected chi connectivity index (χ4v) is 7.46. The van der Waals surface area contributed by atoms with Crippen molar-refractivity contribution in [3.63, 3.8) is 0 Å². The Bertz CT molecular complexity index is 999. The molecule has 1 N–H and O–H groups in total. The molecule has 4 aliphatic carbocycles. The van der Waals surface area contributed by atoms with E-state index in [-0.39, 0.29) is 18.2 Å². The molecule has 2 aromatic rings. The first kappa shape index (κ1) is 20.0. The summed E-state index contributed by atoms with van der Waals surface area (Å²) in [7, 11) is 0. The van der Waals surface area contributed by atoms with Crippen LogP contribution in [0.1, 0.15) is 51.4 Å². The molecule has 0 unspecified atom stereocenters. The number of hydrogen-bond donors (Lipinski definition) is 1. The minimum Gasteiger partial charge on any atom is -0.278 e. The van der Waals surface area contributed by atoms with E-state index < -0.39 is 0 Å². The van der Waals surface area contributed by atoms with E-state index >= 15 is 0 Å². The molecule has 4 fully saturated rings. The van der Waals surface area contributed by atoms with Gasteiger partial charge in [-0.1, -0.05) is 30.3 Å². The van der Waals surface area contributed by atoms with Gasteiger partial charge in [0, 0.05) is 12.2 Å². The number of para-hydroxylation sites is 3. The van der Waals surface area contributed by atoms with E-state index in [1.165, 1.54) is 38.5 Å². The molecule has 2 aromatic carbocycles. The third kappa shape index (κ3) is 3.43. The van der Waals surface area contributed by atoms with Crippen molar-refractivity contribution in [2.24, 2.45) is 23.2 Å². The maximum atomic E-state index is 13.1. The van der Waals surface area contributed by atoms with Crippen molar-refractivity contribution in [3.8, 4) is 0 Å². The molecule has 5 nitrogen and oxygen atoms in total. The Balaban J connectivity index is 1.24. The highest BCUT2D eigenvalue weighted by molar-refractivity contribution is 6.17. The lowest BCUT2D eigenvalue weighted by molar-refractivity contribution is -0.126. The zero-order valence-corrected chi connectivity index (χ0v) is 18.5. The van der Waals surface area contributed by atoms with Crippen molar-refractivity contribution in [2.75, 3.05) is 16.5 Å². The van der Waals surface area contributed by atoms with Crippen molar-refractivity contribution in [3.05, 3.63) is 54.6 Å². The molecule has 4 saturated carbocycles. The Kier molecular flexibility index (Phi) is 4.83. The summed E-state index contributed by atoms with van der Waals surface area (Å²) in [4.78, 5) is 27.9. The molecule has 5 heteroatoms. The summed E-state index contributed by atoms with van der Waals surface area (Å²) in [6, 6.07) is 17.3. The predicted molar refractivity (Wildman–Crippen MR) is 125 cm³/mol. The zero-order chi connectivity index (χ0) is 21.7. The minimum atomic E-state index is -0.195. The quantitative estimate of drug-likeness (QED) is 0.665. The molecule has 1 aliphatic heterocycles. The van der Waals surface area contributed by atoms with Gasteiger partial charge in [0.15, 0.2) is 0 Å². The van der Waals surface area contributed by atoms with Crippen LogP contribution in [-0.2, 0) is 9.59 Å². The molecular weight excluding hydrogens is 398 g/mol. The van der Waals surface area contributed by atoms with Crippen molar-refractivity contribution in [2.45, 2.75) is 51.4 Å². The van der Waals surface area contributed by atoms with Crippen LogP contribution in [0.4, 0.5) is 17.1 Å². The summed E-state index contributed by atoms with van der Waals surface area (Å²) in [6.07, 6.45) is 9.40. The summed E-state index contributed by atoms with van der Waals surface area (Å²) >= 11 is 0. The number of carbonyl (C=O) groups is 2. The Morgan fingerprint density at radius 2 is 1.38 bits per heavy atom. The van der Waals surface area contributed by atoms with Crippen molar-refractivity contribution < 1.29 is 9.59 Å². The monoisotopic (exact) mass is 429 g/mol. The molecule has 0 radical (unpaired) electrons. The first-order valence-electron chi connectivity index (χ1n) is 12.1. The van der Waals surface area contributed by atoms with Gasteiger partial charge in [0.25, 0.3) is 5.91 Å². The topological polar surface area (TPSA) is 52.7 Å². The van der Waals surface area contributed by atoms with Crippen LogP contribution in [0.15, 0.2) is 54.6 Å². The zero-order valence-electron chi connectivity index (χ0n) is 18.5. The first-order chi connectivity index (χ1) is 15.6. The van der Waals surface area contributed by atoms with Crippen LogP contribution in [0.25, 0.3) is 0 Å². The van der Waals surface area contributed by atoms with Crippen LogP contribution in [0.3, 0.4) is 0 Å². The Morgan fingerprint density at radius 1 is 0.781 bits per heavy atom. The molecule has 166 valence electrons. The number of nitrogens with one attached hydrogen (secondary N) is 1. The van der Waals surface area contributed by atoms with Crippen LogP contribution < -0.4 is 15.3 Å². The number of anilines is 3. The van der Waals surface area contributed by atoms with E-state index in [1.807, 2.05) is 54.6 Å². The maximum absolute atomic E-state index is 13.1. The van der Waals surface area contributed by atoms with Gasteiger partial charge in [-0.05, 0) is 92.4 Å². The normalized spacial score (nSPS) is 31.1. The highest BCUT2D eigenvalue weighted by Crippen LogP contribution is 2.61. The van der Waals surface area contributed by atoms with Crippen LogP contribution in [0, 0.1) is 23.2 Å². The number of hydrazine groups is 1. The second-order valence-corrected chi connectivity index (χ2v) is 10.5. The maximum Gasteiger partial charge on any atom is 0.250 e. The number of amides is 2. The van der Waals surface area contributed by atoms with Gasteiger partial charge >= 0.3 is 0 Å². The fraction of sp³-hybridized carbons (Fsp3) is 0.481. The number of nitrogens with zero attached hydrogens (tertiary/aromatic N) is 2. The van der Waals surface area contributed by atoms with Gasteiger partial charge in [0.1, 0.15) is 6.42 Å². The average molecular weight is 430 g/mol. The van der Waals surface area contributed by atoms with Crippen molar-refractivity contribution in [1.82, 2.24) is 5.43 Å². The third-order valence-electron chi connectivity index (χ3n) is 8.27. The Morgan fingerprint density at radius 3 is 2.03 bits per heavy atom. The van der Waals surface area contributed by atoms with Gasteiger partial charge in [-0.15, -0.1) is 0 Å². The van der Waals surface area contributed by atoms with Gasteiger partial charge in [0.05, 0.1) is 11.4 Å². The summed E-state index contributed by atoms with van der Waals surface area (Å²) in [5.74, 6) is 2.40. The molecule has 0 aromatic heterocycles. The summed E-state index contributed by atoms with van der Waals surface area (Å²) in [5.41, 5.74) is 6.18. The Labute approximate surface area is 189 Å². The van der Waals surface area contributed by atoms with E-state index in [0.29, 0.717) is 5.41 Å². The molecule has 4 bridgehead atoms. The fourth-order valence-electron chi connectivity index (χ4n) is 7.46. The number of hydrogen-bond acceptors (Lipinski definition) is 3. The predicted octanol–water partition coefficient (Wildman–Crippen LogP) is 5.20. The van der Waals surface area contributed by atoms with Gasteiger partial charge < -0.3 is 0 Å². The lowest BCUT2D eigenvalue weighted by Gasteiger charge is -2.57. The number of rotatable bonds is 5. The summed E-state index contributed by atoms with van der Waals surface area (Å²) < 4.78 is 0. The minimum absolute atomic E-state index is 0.145. The standard InChI is InChI=1S/C27H31N3O2/c31-25-15-26(32)30(24-9-5-4-8-23(24)29(25)22-6-2-1-3-7-22)28-11-10-27-16-19-12-20(17-27)14-21(13-19)18-27/h1-9,19-21,28H,10-18H2. The summed E-state index contributed by atoms with van der Waals surface area (Å²) in [5, 5.41) is 1.64. The molecular formula is C27H31N3O2. The number of carbonyl (C=O) groups excluding carboxylic acids is 2. The smallest absolute Gasteiger partial charge is 0.250 e. The highest BCUT2D eigenvalue weighted by atomic mass is 16.2. The van der Waals surface area contributed by atoms with Crippen LogP contribution >= 0.6 is 0 Å². The second-order valence-electron chi connectivity index (χ2n) is 10.5. The first-order valence-corrected chi connectivity index (χ1v) is 12.1. The van der Waals surface area contributed by atoms with E-state index in [9.17, 15) is 9.59 Å². The molecule has 0 spiro atoms. The molecule has 2 amide bonds. The SMILES string of the molecule is O=C1CC(=O)N(c2ccccc2)c2ccccc2N1NCCC12CC3CC(CC(C3)C1)C2. The number of fused-ring (bicyclic) bond motifs is 1. The van der Waals surface area contributed by atoms with Crippen LogP contribution in [0.5, 0.6) is 0 Å². The second kappa shape index (κ2) is 7.73. The molecule has 5 aliphatic rings. The average Bonchev–Trinajstić information content (AvgIpc) is 2.87. The van der Waals surface area contributed by atoms with Gasteiger partial charge in [-0.25, -0.2) is 10.4 Å². The molecule has 32 heavy (non-hydrogen) atoms. The molecule has 1 heterocycles. The van der Waals surface area contributed by atoms with Gasteiger partial charge in [-0.2, -0.15) is 0 Å². The van der Waals surface area contributed by atoms with E-state index in [4.69, 9.17) is 0 Å². The molecule has 0 saturated heterocycles. The van der Waals surface area contributed by atoms with Gasteiger partial charge in [-0.3, -0.25) is 14.5 Å². The van der Waals surface area contributed by atoms with Gasteiger partial charge in [0.2, 0.25) is 5.91 Å².